The molecule has 0 radical (unpaired) electrons. The molecule has 1 rings (SSSR count). The molecule has 0 saturated heterocycles. The maximum absolute atomic E-state index is 13.9. The topological polar surface area (TPSA) is 32.7 Å². The third kappa shape index (κ3) is 3.91. The van der Waals surface area contributed by atoms with E-state index in [1.165, 1.54) is 6.07 Å². The fourth-order valence-electron chi connectivity index (χ4n) is 2.18. The summed E-state index contributed by atoms with van der Waals surface area (Å²) in [6.07, 6.45) is 0.116. The highest BCUT2D eigenvalue weighted by Crippen LogP contribution is 2.30. The zero-order chi connectivity index (χ0) is 14.4. The van der Waals surface area contributed by atoms with Gasteiger partial charge >= 0.3 is 0 Å². The van der Waals surface area contributed by atoms with Crippen LogP contribution in [0.4, 0.5) is 10.1 Å². The van der Waals surface area contributed by atoms with Crippen LogP contribution in [0.3, 0.4) is 0 Å². The second-order valence-corrected chi connectivity index (χ2v) is 4.79. The van der Waals surface area contributed by atoms with Gasteiger partial charge in [-0.1, -0.05) is 13.0 Å². The molecule has 19 heavy (non-hydrogen) atoms. The van der Waals surface area contributed by atoms with Crippen LogP contribution < -0.4 is 4.90 Å². The fourth-order valence-corrected chi connectivity index (χ4v) is 2.18. The Balaban J connectivity index is 3.17. The standard InChI is InChI=1S/C15H24FNO2/c1-5-11(2)17(9-10-19-4)14-8-6-7-13(16)15(14)12(3)18/h6-8,11-12,18H,5,9-10H2,1-4H3. The Morgan fingerprint density at radius 2 is 2.05 bits per heavy atom. The van der Waals surface area contributed by atoms with Gasteiger partial charge in [-0.2, -0.15) is 0 Å². The number of benzene rings is 1. The van der Waals surface area contributed by atoms with E-state index >= 15 is 0 Å². The van der Waals surface area contributed by atoms with Gasteiger partial charge in [-0.25, -0.2) is 4.39 Å². The van der Waals surface area contributed by atoms with Crippen LogP contribution in [0.5, 0.6) is 0 Å². The molecule has 0 aromatic heterocycles. The maximum atomic E-state index is 13.9. The Morgan fingerprint density at radius 3 is 2.58 bits per heavy atom. The van der Waals surface area contributed by atoms with Crippen molar-refractivity contribution in [1.82, 2.24) is 0 Å². The number of anilines is 1. The minimum atomic E-state index is -0.828. The van der Waals surface area contributed by atoms with E-state index in [0.717, 1.165) is 12.1 Å². The number of aliphatic hydroxyl groups excluding tert-OH is 1. The molecule has 4 heteroatoms. The van der Waals surface area contributed by atoms with Crippen molar-refractivity contribution in [1.29, 1.82) is 0 Å². The van der Waals surface area contributed by atoms with Gasteiger partial charge in [0.05, 0.1) is 12.7 Å². The molecule has 0 aliphatic rings. The number of nitrogens with zero attached hydrogens (tertiary/aromatic N) is 1. The SMILES string of the molecule is CCC(C)N(CCOC)c1cccc(F)c1C(C)O. The lowest BCUT2D eigenvalue weighted by molar-refractivity contribution is 0.192. The lowest BCUT2D eigenvalue weighted by atomic mass is 10.0. The van der Waals surface area contributed by atoms with E-state index in [1.807, 2.05) is 6.07 Å². The molecule has 2 unspecified atom stereocenters. The highest BCUT2D eigenvalue weighted by atomic mass is 19.1. The zero-order valence-corrected chi connectivity index (χ0v) is 12.2. The van der Waals surface area contributed by atoms with Gasteiger partial charge in [0.25, 0.3) is 0 Å². The second-order valence-electron chi connectivity index (χ2n) is 4.79. The van der Waals surface area contributed by atoms with Gasteiger partial charge in [0.1, 0.15) is 5.82 Å². The highest BCUT2D eigenvalue weighted by Gasteiger charge is 2.21. The highest BCUT2D eigenvalue weighted by molar-refractivity contribution is 5.56. The van der Waals surface area contributed by atoms with Crippen molar-refractivity contribution in [3.63, 3.8) is 0 Å². The van der Waals surface area contributed by atoms with E-state index in [9.17, 15) is 9.50 Å². The summed E-state index contributed by atoms with van der Waals surface area (Å²) in [6.45, 7) is 7.01. The van der Waals surface area contributed by atoms with E-state index in [-0.39, 0.29) is 11.9 Å². The molecule has 0 aliphatic carbocycles. The first-order valence-electron chi connectivity index (χ1n) is 6.74. The molecular weight excluding hydrogens is 245 g/mol. The molecule has 0 spiro atoms. The average Bonchev–Trinajstić information content (AvgIpc) is 2.38. The fraction of sp³-hybridized carbons (Fsp3) is 0.600. The summed E-state index contributed by atoms with van der Waals surface area (Å²) in [5.74, 6) is -0.363. The Labute approximate surface area is 115 Å². The van der Waals surface area contributed by atoms with Crippen LogP contribution in [0, 0.1) is 5.82 Å². The van der Waals surface area contributed by atoms with Crippen LogP contribution in [0.25, 0.3) is 0 Å². The number of ether oxygens (including phenoxy) is 1. The largest absolute Gasteiger partial charge is 0.389 e. The predicted molar refractivity (Wildman–Crippen MR) is 76.0 cm³/mol. The number of hydrogen-bond acceptors (Lipinski definition) is 3. The van der Waals surface area contributed by atoms with Crippen LogP contribution in [-0.4, -0.2) is 31.4 Å². The average molecular weight is 269 g/mol. The summed E-state index contributed by atoms with van der Waals surface area (Å²) in [5, 5.41) is 9.82. The molecule has 2 atom stereocenters. The molecule has 108 valence electrons. The quantitative estimate of drug-likeness (QED) is 0.825. The first-order chi connectivity index (χ1) is 9.02. The Kier molecular flexibility index (Phi) is 6.25. The minimum Gasteiger partial charge on any atom is -0.389 e. The number of hydrogen-bond donors (Lipinski definition) is 1. The van der Waals surface area contributed by atoms with Gasteiger partial charge in [0.2, 0.25) is 0 Å². The van der Waals surface area contributed by atoms with Crippen LogP contribution in [-0.2, 0) is 4.74 Å². The Bertz CT molecular complexity index is 396. The molecule has 3 nitrogen and oxygen atoms in total. The van der Waals surface area contributed by atoms with E-state index in [4.69, 9.17) is 4.74 Å². The van der Waals surface area contributed by atoms with E-state index in [2.05, 4.69) is 18.7 Å². The molecule has 0 saturated carbocycles. The van der Waals surface area contributed by atoms with Crippen molar-refractivity contribution in [3.8, 4) is 0 Å². The summed E-state index contributed by atoms with van der Waals surface area (Å²) >= 11 is 0. The predicted octanol–water partition coefficient (Wildman–Crippen LogP) is 3.13. The zero-order valence-electron chi connectivity index (χ0n) is 12.2. The summed E-state index contributed by atoms with van der Waals surface area (Å²) in [4.78, 5) is 2.09. The van der Waals surface area contributed by atoms with E-state index in [0.29, 0.717) is 18.7 Å². The number of rotatable bonds is 7. The van der Waals surface area contributed by atoms with Crippen molar-refractivity contribution in [2.75, 3.05) is 25.2 Å². The molecule has 1 aromatic rings. The van der Waals surface area contributed by atoms with Crippen LogP contribution in [0.2, 0.25) is 0 Å². The smallest absolute Gasteiger partial charge is 0.131 e. The summed E-state index contributed by atoms with van der Waals surface area (Å²) in [6, 6.07) is 5.18. The lowest BCUT2D eigenvalue weighted by Crippen LogP contribution is -2.36. The van der Waals surface area contributed by atoms with Crippen molar-refractivity contribution < 1.29 is 14.2 Å². The van der Waals surface area contributed by atoms with Crippen molar-refractivity contribution in [2.45, 2.75) is 39.3 Å². The Hall–Kier alpha value is -1.13. The summed E-state index contributed by atoms with van der Waals surface area (Å²) < 4.78 is 19.1. The molecule has 0 amide bonds. The first-order valence-corrected chi connectivity index (χ1v) is 6.74. The minimum absolute atomic E-state index is 0.259. The molecule has 0 bridgehead atoms. The Morgan fingerprint density at radius 1 is 1.37 bits per heavy atom. The van der Waals surface area contributed by atoms with Gasteiger partial charge in [0, 0.05) is 30.9 Å². The van der Waals surface area contributed by atoms with Crippen LogP contribution in [0.1, 0.15) is 38.9 Å². The van der Waals surface area contributed by atoms with E-state index < -0.39 is 6.10 Å². The van der Waals surface area contributed by atoms with Gasteiger partial charge in [-0.05, 0) is 32.4 Å². The van der Waals surface area contributed by atoms with Gasteiger partial charge in [-0.15, -0.1) is 0 Å². The third-order valence-electron chi connectivity index (χ3n) is 3.42. The normalized spacial score (nSPS) is 14.2. The molecular formula is C15H24FNO2. The van der Waals surface area contributed by atoms with Gasteiger partial charge in [-0.3, -0.25) is 0 Å². The van der Waals surface area contributed by atoms with E-state index in [1.54, 1.807) is 20.1 Å². The first kappa shape index (κ1) is 15.9. The summed E-state index contributed by atoms with van der Waals surface area (Å²) in [7, 11) is 1.65. The number of methoxy groups -OCH3 is 1. The van der Waals surface area contributed by atoms with Crippen molar-refractivity contribution in [2.24, 2.45) is 0 Å². The number of halogens is 1. The molecule has 0 heterocycles. The van der Waals surface area contributed by atoms with Crippen molar-refractivity contribution in [3.05, 3.63) is 29.6 Å². The molecule has 0 aliphatic heterocycles. The van der Waals surface area contributed by atoms with Gasteiger partial charge < -0.3 is 14.7 Å². The molecule has 0 fully saturated rings. The second kappa shape index (κ2) is 7.46. The summed E-state index contributed by atoms with van der Waals surface area (Å²) in [5.41, 5.74) is 1.11. The maximum Gasteiger partial charge on any atom is 0.131 e. The third-order valence-corrected chi connectivity index (χ3v) is 3.42. The van der Waals surface area contributed by atoms with Gasteiger partial charge in [0.15, 0.2) is 0 Å². The molecule has 1 aromatic carbocycles. The van der Waals surface area contributed by atoms with Crippen LogP contribution in [0.15, 0.2) is 18.2 Å². The van der Waals surface area contributed by atoms with Crippen molar-refractivity contribution >= 4 is 5.69 Å². The molecule has 1 N–H and O–H groups in total. The number of aliphatic hydroxyl groups is 1. The monoisotopic (exact) mass is 269 g/mol. The van der Waals surface area contributed by atoms with Crippen LogP contribution >= 0.6 is 0 Å². The lowest BCUT2D eigenvalue weighted by Gasteiger charge is -2.33.